The lowest BCUT2D eigenvalue weighted by atomic mass is 10.1. The topological polar surface area (TPSA) is 68.7 Å². The summed E-state index contributed by atoms with van der Waals surface area (Å²) in [5.74, 6) is 0.572. The van der Waals surface area contributed by atoms with E-state index in [4.69, 9.17) is 9.47 Å². The summed E-state index contributed by atoms with van der Waals surface area (Å²) >= 11 is 1.17. The number of benzene rings is 2. The van der Waals surface area contributed by atoms with Crippen molar-refractivity contribution in [2.45, 2.75) is 20.8 Å². The lowest BCUT2D eigenvalue weighted by Gasteiger charge is -2.10. The molecule has 0 aliphatic rings. The molecule has 1 heterocycles. The van der Waals surface area contributed by atoms with Gasteiger partial charge in [0, 0.05) is 5.56 Å². The maximum atomic E-state index is 11.2. The lowest BCUT2D eigenvalue weighted by Crippen LogP contribution is -2.09. The fraction of sp³-hybridized carbons (Fsp3) is 0.238. The first-order valence-corrected chi connectivity index (χ1v) is 9.39. The van der Waals surface area contributed by atoms with Gasteiger partial charge in [0.15, 0.2) is 0 Å². The predicted octanol–water partition coefficient (Wildman–Crippen LogP) is 4.89. The van der Waals surface area contributed by atoms with Crippen LogP contribution in [0.5, 0.6) is 11.5 Å². The zero-order valence-electron chi connectivity index (χ0n) is 15.5. The van der Waals surface area contributed by atoms with E-state index in [1.165, 1.54) is 22.5 Å². The number of ether oxygens (including phenoxy) is 2. The highest BCUT2D eigenvalue weighted by Crippen LogP contribution is 2.30. The second kappa shape index (κ2) is 8.22. The van der Waals surface area contributed by atoms with Gasteiger partial charge in [-0.15, -0.1) is 11.3 Å². The summed E-state index contributed by atoms with van der Waals surface area (Å²) in [5.41, 5.74) is 3.79. The second-order valence-corrected chi connectivity index (χ2v) is 7.21. The number of carboxylic acids is 1. The quantitative estimate of drug-likeness (QED) is 0.588. The van der Waals surface area contributed by atoms with Crippen LogP contribution in [-0.2, 0) is 0 Å². The van der Waals surface area contributed by atoms with Gasteiger partial charge < -0.3 is 14.6 Å². The summed E-state index contributed by atoms with van der Waals surface area (Å²) < 4.78 is 11.5. The number of aromatic carboxylic acids is 1. The van der Waals surface area contributed by atoms with E-state index in [2.05, 4.69) is 18.8 Å². The first-order chi connectivity index (χ1) is 12.9. The maximum absolute atomic E-state index is 11.2. The molecule has 0 saturated carbocycles. The normalized spacial score (nSPS) is 10.6. The molecule has 2 aromatic carbocycles. The third-order valence-corrected chi connectivity index (χ3v) is 5.37. The Morgan fingerprint density at radius 1 is 1.00 bits per heavy atom. The third kappa shape index (κ3) is 4.65. The van der Waals surface area contributed by atoms with Gasteiger partial charge in [0.1, 0.15) is 34.6 Å². The van der Waals surface area contributed by atoms with E-state index in [0.29, 0.717) is 29.7 Å². The highest BCUT2D eigenvalue weighted by Gasteiger charge is 2.15. The molecule has 6 heteroatoms. The SMILES string of the molecule is Cc1ccc(OCCOc2cccc(-c3nc(C)c(C(=O)O)s3)c2)cc1C. The fourth-order valence-electron chi connectivity index (χ4n) is 2.56. The number of rotatable bonds is 7. The minimum atomic E-state index is -0.952. The minimum Gasteiger partial charge on any atom is -0.490 e. The van der Waals surface area contributed by atoms with E-state index in [9.17, 15) is 9.90 Å². The van der Waals surface area contributed by atoms with Crippen LogP contribution in [0.25, 0.3) is 10.6 Å². The molecule has 0 aliphatic heterocycles. The molecule has 3 aromatic rings. The van der Waals surface area contributed by atoms with Crippen LogP contribution in [0.1, 0.15) is 26.5 Å². The van der Waals surface area contributed by atoms with Crippen molar-refractivity contribution >= 4 is 17.3 Å². The molecule has 0 saturated heterocycles. The molecule has 27 heavy (non-hydrogen) atoms. The summed E-state index contributed by atoms with van der Waals surface area (Å²) in [6, 6.07) is 13.5. The highest BCUT2D eigenvalue weighted by molar-refractivity contribution is 7.17. The summed E-state index contributed by atoms with van der Waals surface area (Å²) in [6.45, 7) is 6.67. The molecule has 1 aromatic heterocycles. The Morgan fingerprint density at radius 2 is 1.70 bits per heavy atom. The van der Waals surface area contributed by atoms with Crippen LogP contribution in [-0.4, -0.2) is 29.3 Å². The van der Waals surface area contributed by atoms with E-state index in [1.807, 2.05) is 42.5 Å². The Hall–Kier alpha value is -2.86. The molecule has 0 unspecified atom stereocenters. The Kier molecular flexibility index (Phi) is 5.76. The van der Waals surface area contributed by atoms with Crippen LogP contribution in [0.4, 0.5) is 0 Å². The minimum absolute atomic E-state index is 0.262. The average Bonchev–Trinajstić information content (AvgIpc) is 3.04. The molecule has 0 amide bonds. The molecule has 3 rings (SSSR count). The van der Waals surface area contributed by atoms with Crippen molar-refractivity contribution in [2.24, 2.45) is 0 Å². The molecule has 0 fully saturated rings. The molecule has 140 valence electrons. The van der Waals surface area contributed by atoms with Crippen molar-refractivity contribution in [1.82, 2.24) is 4.98 Å². The number of aromatic nitrogens is 1. The fourth-order valence-corrected chi connectivity index (χ4v) is 3.46. The number of thiazole rings is 1. The summed E-state index contributed by atoms with van der Waals surface area (Å²) in [7, 11) is 0. The van der Waals surface area contributed by atoms with E-state index in [1.54, 1.807) is 6.92 Å². The molecular weight excluding hydrogens is 362 g/mol. The molecule has 0 radical (unpaired) electrons. The average molecular weight is 383 g/mol. The number of carbonyl (C=O) groups is 1. The van der Waals surface area contributed by atoms with Crippen molar-refractivity contribution in [3.8, 4) is 22.1 Å². The summed E-state index contributed by atoms with van der Waals surface area (Å²) in [6.07, 6.45) is 0. The molecule has 0 spiro atoms. The van der Waals surface area contributed by atoms with Crippen LogP contribution in [0.3, 0.4) is 0 Å². The highest BCUT2D eigenvalue weighted by atomic mass is 32.1. The number of hydrogen-bond donors (Lipinski definition) is 1. The first kappa shape index (κ1) is 18.9. The summed E-state index contributed by atoms with van der Waals surface area (Å²) in [5, 5.41) is 9.85. The summed E-state index contributed by atoms with van der Waals surface area (Å²) in [4.78, 5) is 15.8. The zero-order chi connectivity index (χ0) is 19.4. The Bertz CT molecular complexity index is 965. The number of carboxylic acid groups (broad SMARTS) is 1. The van der Waals surface area contributed by atoms with Crippen molar-refractivity contribution in [3.05, 3.63) is 64.2 Å². The van der Waals surface area contributed by atoms with Crippen molar-refractivity contribution in [2.75, 3.05) is 13.2 Å². The maximum Gasteiger partial charge on any atom is 0.347 e. The van der Waals surface area contributed by atoms with Gasteiger partial charge in [0.2, 0.25) is 0 Å². The number of aryl methyl sites for hydroxylation is 3. The van der Waals surface area contributed by atoms with Crippen molar-refractivity contribution < 1.29 is 19.4 Å². The van der Waals surface area contributed by atoms with Gasteiger partial charge in [-0.25, -0.2) is 9.78 Å². The Morgan fingerprint density at radius 3 is 2.33 bits per heavy atom. The Balaban J connectivity index is 1.60. The molecular formula is C21H21NO4S. The van der Waals surface area contributed by atoms with E-state index < -0.39 is 5.97 Å². The zero-order valence-corrected chi connectivity index (χ0v) is 16.3. The van der Waals surface area contributed by atoms with Gasteiger partial charge in [-0.2, -0.15) is 0 Å². The van der Waals surface area contributed by atoms with Gasteiger partial charge in [-0.05, 0) is 56.2 Å². The van der Waals surface area contributed by atoms with Gasteiger partial charge in [0.25, 0.3) is 0 Å². The van der Waals surface area contributed by atoms with E-state index in [0.717, 1.165) is 11.3 Å². The monoisotopic (exact) mass is 383 g/mol. The van der Waals surface area contributed by atoms with Crippen LogP contribution >= 0.6 is 11.3 Å². The van der Waals surface area contributed by atoms with E-state index in [-0.39, 0.29) is 4.88 Å². The van der Waals surface area contributed by atoms with Gasteiger partial charge in [-0.3, -0.25) is 0 Å². The number of hydrogen-bond acceptors (Lipinski definition) is 5. The van der Waals surface area contributed by atoms with Crippen LogP contribution in [0.15, 0.2) is 42.5 Å². The van der Waals surface area contributed by atoms with Crippen LogP contribution < -0.4 is 9.47 Å². The number of nitrogens with zero attached hydrogens (tertiary/aromatic N) is 1. The smallest absolute Gasteiger partial charge is 0.347 e. The Labute approximate surface area is 162 Å². The van der Waals surface area contributed by atoms with Gasteiger partial charge >= 0.3 is 5.97 Å². The molecule has 1 N–H and O–H groups in total. The van der Waals surface area contributed by atoms with Gasteiger partial charge in [-0.1, -0.05) is 18.2 Å². The molecule has 0 bridgehead atoms. The van der Waals surface area contributed by atoms with Gasteiger partial charge in [0.05, 0.1) is 5.69 Å². The van der Waals surface area contributed by atoms with Crippen LogP contribution in [0.2, 0.25) is 0 Å². The van der Waals surface area contributed by atoms with Crippen LogP contribution in [0, 0.1) is 20.8 Å². The van der Waals surface area contributed by atoms with E-state index >= 15 is 0 Å². The predicted molar refractivity (Wildman–Crippen MR) is 106 cm³/mol. The second-order valence-electron chi connectivity index (χ2n) is 6.21. The van der Waals surface area contributed by atoms with Crippen molar-refractivity contribution in [1.29, 1.82) is 0 Å². The first-order valence-electron chi connectivity index (χ1n) is 8.58. The molecule has 5 nitrogen and oxygen atoms in total. The van der Waals surface area contributed by atoms with Crippen molar-refractivity contribution in [3.63, 3.8) is 0 Å². The third-order valence-electron chi connectivity index (χ3n) is 4.17. The lowest BCUT2D eigenvalue weighted by molar-refractivity contribution is 0.0701. The molecule has 0 atom stereocenters. The standard InChI is InChI=1S/C21H21NO4S/c1-13-7-8-18(11-14(13)2)26-10-9-25-17-6-4-5-16(12-17)20-22-15(3)19(27-20)21(23)24/h4-8,11-12H,9-10H2,1-3H3,(H,23,24). The molecule has 0 aliphatic carbocycles. The largest absolute Gasteiger partial charge is 0.490 e.